The van der Waals surface area contributed by atoms with Gasteiger partial charge in [0.1, 0.15) is 5.78 Å². The lowest BCUT2D eigenvalue weighted by Gasteiger charge is -2.36. The van der Waals surface area contributed by atoms with E-state index in [0.29, 0.717) is 11.7 Å². The second-order valence-corrected chi connectivity index (χ2v) is 5.28. The smallest absolute Gasteiger partial charge is 0.140 e. The first kappa shape index (κ1) is 8.98. The Kier molecular flexibility index (Phi) is 1.56. The largest absolute Gasteiger partial charge is 0.299 e. The Morgan fingerprint density at radius 3 is 2.46 bits per heavy atom. The summed E-state index contributed by atoms with van der Waals surface area (Å²) in [6, 6.07) is 0. The summed E-state index contributed by atoms with van der Waals surface area (Å²) in [6.07, 6.45) is 3.33. The van der Waals surface area contributed by atoms with Gasteiger partial charge in [0.15, 0.2) is 0 Å². The average molecular weight is 178 g/mol. The lowest BCUT2D eigenvalue weighted by atomic mass is 9.67. The monoisotopic (exact) mass is 178 g/mol. The summed E-state index contributed by atoms with van der Waals surface area (Å²) >= 11 is 0. The van der Waals surface area contributed by atoms with E-state index in [0.717, 1.165) is 12.8 Å². The standard InChI is InChI=1S/C12H18O/c1-8-11(3,4)10-5-6-12(8,7-10)9(2)13/h10H,1,5-7H2,2-4H3/t10-,12-/m1/s1. The van der Waals surface area contributed by atoms with E-state index >= 15 is 0 Å². The molecule has 0 saturated heterocycles. The van der Waals surface area contributed by atoms with Crippen LogP contribution >= 0.6 is 0 Å². The molecule has 0 aromatic rings. The SMILES string of the molecule is C=C1C(C)(C)[C@@H]2CC[C@@]1(C(C)=O)C2. The molecule has 0 amide bonds. The highest BCUT2D eigenvalue weighted by atomic mass is 16.1. The quantitative estimate of drug-likeness (QED) is 0.564. The minimum absolute atomic E-state index is 0.131. The highest BCUT2D eigenvalue weighted by Crippen LogP contribution is 2.65. The van der Waals surface area contributed by atoms with Crippen molar-refractivity contribution in [2.45, 2.75) is 40.0 Å². The third kappa shape index (κ3) is 0.853. The molecular formula is C12H18O. The average Bonchev–Trinajstić information content (AvgIpc) is 2.53. The maximum Gasteiger partial charge on any atom is 0.140 e. The molecule has 0 aromatic heterocycles. The second kappa shape index (κ2) is 2.26. The van der Waals surface area contributed by atoms with Gasteiger partial charge < -0.3 is 0 Å². The minimum atomic E-state index is -0.131. The third-order valence-electron chi connectivity index (χ3n) is 4.56. The van der Waals surface area contributed by atoms with Crippen molar-refractivity contribution in [3.8, 4) is 0 Å². The number of hydrogen-bond acceptors (Lipinski definition) is 1. The van der Waals surface area contributed by atoms with Crippen molar-refractivity contribution < 1.29 is 4.79 Å². The normalized spacial score (nSPS) is 41.2. The van der Waals surface area contributed by atoms with Gasteiger partial charge in [-0.15, -0.1) is 0 Å². The van der Waals surface area contributed by atoms with Crippen molar-refractivity contribution in [1.82, 2.24) is 0 Å². The number of Topliss-reactive ketones (excluding diaryl/α,β-unsaturated/α-hetero) is 1. The fraction of sp³-hybridized carbons (Fsp3) is 0.750. The molecule has 0 N–H and O–H groups in total. The number of carbonyl (C=O) groups is 1. The lowest BCUT2D eigenvalue weighted by Crippen LogP contribution is -2.32. The molecule has 2 aliphatic carbocycles. The van der Waals surface area contributed by atoms with Gasteiger partial charge >= 0.3 is 0 Å². The van der Waals surface area contributed by atoms with Crippen LogP contribution in [0.3, 0.4) is 0 Å². The van der Waals surface area contributed by atoms with Gasteiger partial charge in [-0.05, 0) is 37.5 Å². The van der Waals surface area contributed by atoms with Gasteiger partial charge in [0.2, 0.25) is 0 Å². The molecule has 0 unspecified atom stereocenters. The van der Waals surface area contributed by atoms with Gasteiger partial charge in [-0.1, -0.05) is 26.0 Å². The lowest BCUT2D eigenvalue weighted by molar-refractivity contribution is -0.124. The van der Waals surface area contributed by atoms with Crippen LogP contribution in [0, 0.1) is 16.7 Å². The molecule has 72 valence electrons. The molecule has 2 saturated carbocycles. The van der Waals surface area contributed by atoms with Crippen molar-refractivity contribution in [3.63, 3.8) is 0 Å². The first-order chi connectivity index (χ1) is 5.91. The van der Waals surface area contributed by atoms with Crippen molar-refractivity contribution in [2.24, 2.45) is 16.7 Å². The zero-order chi connectivity index (χ0) is 9.85. The van der Waals surface area contributed by atoms with E-state index < -0.39 is 0 Å². The molecule has 1 nitrogen and oxygen atoms in total. The van der Waals surface area contributed by atoms with Crippen molar-refractivity contribution >= 4 is 5.78 Å². The molecule has 0 aromatic carbocycles. The van der Waals surface area contributed by atoms with Gasteiger partial charge in [0.25, 0.3) is 0 Å². The summed E-state index contributed by atoms with van der Waals surface area (Å²) < 4.78 is 0. The predicted octanol–water partition coefficient (Wildman–Crippen LogP) is 2.96. The molecule has 0 spiro atoms. The molecule has 2 rings (SSSR count). The second-order valence-electron chi connectivity index (χ2n) is 5.28. The number of carbonyl (C=O) groups excluding carboxylic acids is 1. The molecule has 1 heteroatoms. The van der Waals surface area contributed by atoms with E-state index in [1.165, 1.54) is 12.0 Å². The molecule has 2 atom stereocenters. The summed E-state index contributed by atoms with van der Waals surface area (Å²) in [5.41, 5.74) is 1.27. The maximum atomic E-state index is 11.7. The Morgan fingerprint density at radius 2 is 2.15 bits per heavy atom. The van der Waals surface area contributed by atoms with E-state index in [9.17, 15) is 4.79 Å². The topological polar surface area (TPSA) is 17.1 Å². The number of ketones is 1. The van der Waals surface area contributed by atoms with Crippen LogP contribution in [-0.2, 0) is 4.79 Å². The van der Waals surface area contributed by atoms with Crippen molar-refractivity contribution in [2.75, 3.05) is 0 Å². The van der Waals surface area contributed by atoms with Crippen LogP contribution < -0.4 is 0 Å². The van der Waals surface area contributed by atoms with Crippen LogP contribution in [0.1, 0.15) is 40.0 Å². The Bertz CT molecular complexity index is 287. The molecule has 2 fully saturated rings. The van der Waals surface area contributed by atoms with Crippen LogP contribution in [0.15, 0.2) is 12.2 Å². The molecule has 0 heterocycles. The fourth-order valence-electron chi connectivity index (χ4n) is 3.33. The zero-order valence-corrected chi connectivity index (χ0v) is 8.81. The fourth-order valence-corrected chi connectivity index (χ4v) is 3.33. The Balaban J connectivity index is 2.46. The van der Waals surface area contributed by atoms with Gasteiger partial charge in [0, 0.05) is 0 Å². The van der Waals surface area contributed by atoms with Crippen LogP contribution in [-0.4, -0.2) is 5.78 Å². The summed E-state index contributed by atoms with van der Waals surface area (Å²) in [5, 5.41) is 0. The number of allylic oxidation sites excluding steroid dienone is 1. The van der Waals surface area contributed by atoms with Gasteiger partial charge in [-0.25, -0.2) is 0 Å². The van der Waals surface area contributed by atoms with Crippen molar-refractivity contribution in [1.29, 1.82) is 0 Å². The van der Waals surface area contributed by atoms with Gasteiger partial charge in [-0.3, -0.25) is 4.79 Å². The molecule has 0 aliphatic heterocycles. The predicted molar refractivity (Wildman–Crippen MR) is 53.4 cm³/mol. The van der Waals surface area contributed by atoms with Gasteiger partial charge in [0.05, 0.1) is 5.41 Å². The first-order valence-corrected chi connectivity index (χ1v) is 5.12. The molecule has 2 aliphatic rings. The molecular weight excluding hydrogens is 160 g/mol. The van der Waals surface area contributed by atoms with Crippen LogP contribution in [0.2, 0.25) is 0 Å². The van der Waals surface area contributed by atoms with Crippen molar-refractivity contribution in [3.05, 3.63) is 12.2 Å². The van der Waals surface area contributed by atoms with Gasteiger partial charge in [-0.2, -0.15) is 0 Å². The van der Waals surface area contributed by atoms with Crippen LogP contribution in [0.25, 0.3) is 0 Å². The molecule has 13 heavy (non-hydrogen) atoms. The van der Waals surface area contributed by atoms with E-state index in [4.69, 9.17) is 0 Å². The van der Waals surface area contributed by atoms with Crippen LogP contribution in [0.4, 0.5) is 0 Å². The highest BCUT2D eigenvalue weighted by molar-refractivity contribution is 5.87. The van der Waals surface area contributed by atoms with E-state index in [-0.39, 0.29) is 10.8 Å². The summed E-state index contributed by atoms with van der Waals surface area (Å²) in [5.74, 6) is 1.04. The first-order valence-electron chi connectivity index (χ1n) is 5.12. The molecule has 2 bridgehead atoms. The summed E-state index contributed by atoms with van der Waals surface area (Å²) in [6.45, 7) is 10.4. The summed E-state index contributed by atoms with van der Waals surface area (Å²) in [4.78, 5) is 11.7. The third-order valence-corrected chi connectivity index (χ3v) is 4.56. The number of hydrogen-bond donors (Lipinski definition) is 0. The van der Waals surface area contributed by atoms with Crippen LogP contribution in [0.5, 0.6) is 0 Å². The highest BCUT2D eigenvalue weighted by Gasteiger charge is 2.59. The Labute approximate surface area is 80.2 Å². The summed E-state index contributed by atoms with van der Waals surface area (Å²) in [7, 11) is 0. The Morgan fingerprint density at radius 1 is 1.54 bits per heavy atom. The Hall–Kier alpha value is -0.590. The molecule has 0 radical (unpaired) electrons. The number of rotatable bonds is 1. The zero-order valence-electron chi connectivity index (χ0n) is 8.81. The van der Waals surface area contributed by atoms with E-state index in [1.54, 1.807) is 6.92 Å². The van der Waals surface area contributed by atoms with E-state index in [2.05, 4.69) is 20.4 Å². The maximum absolute atomic E-state index is 11.7. The van der Waals surface area contributed by atoms with E-state index in [1.807, 2.05) is 0 Å². The minimum Gasteiger partial charge on any atom is -0.299 e. The number of fused-ring (bicyclic) bond motifs is 2.